The SMILES string of the molecule is C=C/C=C(\C=C)CC(C)C(CCCC12OC(C(=O)O)C(O)(C(=O)O)C(C(=O)O)(O1)C(OC(=O)CC/C=C/C(C)CCCc1ccccc1)[C@H]2O)OC(C)=O. The van der Waals surface area contributed by atoms with Crippen LogP contribution in [0.1, 0.15) is 77.7 Å². The Balaban J connectivity index is 1.83. The van der Waals surface area contributed by atoms with Gasteiger partial charge in [-0.25, -0.2) is 14.4 Å². The van der Waals surface area contributed by atoms with Gasteiger partial charge < -0.3 is 44.5 Å². The fourth-order valence-corrected chi connectivity index (χ4v) is 7.14. The summed E-state index contributed by atoms with van der Waals surface area (Å²) in [5, 5.41) is 53.7. The Hall–Kier alpha value is -4.63. The Bertz CT molecular complexity index is 1590. The molecule has 0 aromatic heterocycles. The molecule has 2 aliphatic rings. The molecule has 1 aromatic carbocycles. The van der Waals surface area contributed by atoms with Crippen molar-refractivity contribution in [2.75, 3.05) is 0 Å². The molecule has 54 heavy (non-hydrogen) atoms. The summed E-state index contributed by atoms with van der Waals surface area (Å²) in [4.78, 5) is 63.1. The maximum absolute atomic E-state index is 13.1. The van der Waals surface area contributed by atoms with E-state index in [0.29, 0.717) is 6.42 Å². The normalized spacial score (nSPS) is 28.1. The maximum atomic E-state index is 13.1. The highest BCUT2D eigenvalue weighted by atomic mass is 16.8. The molecule has 3 rings (SSSR count). The van der Waals surface area contributed by atoms with Crippen LogP contribution >= 0.6 is 0 Å². The fourth-order valence-electron chi connectivity index (χ4n) is 7.14. The number of carbonyl (C=O) groups is 5. The summed E-state index contributed by atoms with van der Waals surface area (Å²) in [6.45, 7) is 12.5. The lowest BCUT2D eigenvalue weighted by Crippen LogP contribution is -2.78. The van der Waals surface area contributed by atoms with E-state index in [1.54, 1.807) is 24.3 Å². The lowest BCUT2D eigenvalue weighted by atomic mass is 9.74. The second-order valence-corrected chi connectivity index (χ2v) is 13.9. The monoisotopic (exact) mass is 756 g/mol. The number of aliphatic hydroxyl groups is 2. The average Bonchev–Trinajstić information content (AvgIpc) is 3.32. The Labute approximate surface area is 314 Å². The van der Waals surface area contributed by atoms with Gasteiger partial charge >= 0.3 is 29.8 Å². The van der Waals surface area contributed by atoms with Crippen LogP contribution in [0.3, 0.4) is 0 Å². The maximum Gasteiger partial charge on any atom is 0.344 e. The summed E-state index contributed by atoms with van der Waals surface area (Å²) in [5.41, 5.74) is -5.37. The molecule has 14 heteroatoms. The van der Waals surface area contributed by atoms with Crippen LogP contribution in [0.4, 0.5) is 0 Å². The zero-order chi connectivity index (χ0) is 40.3. The molecule has 0 radical (unpaired) electrons. The lowest BCUT2D eigenvalue weighted by molar-refractivity contribution is -0.374. The molecule has 2 fully saturated rings. The summed E-state index contributed by atoms with van der Waals surface area (Å²) in [7, 11) is 0. The number of benzene rings is 1. The molecule has 14 nitrogen and oxygen atoms in total. The molecule has 8 unspecified atom stereocenters. The van der Waals surface area contributed by atoms with Gasteiger partial charge in [0.1, 0.15) is 12.2 Å². The molecular formula is C40H52O14. The molecule has 296 valence electrons. The van der Waals surface area contributed by atoms with Crippen molar-refractivity contribution >= 4 is 29.8 Å². The summed E-state index contributed by atoms with van der Waals surface area (Å²) in [5.74, 6) is -11.0. The average molecular weight is 757 g/mol. The van der Waals surface area contributed by atoms with Gasteiger partial charge in [-0.05, 0) is 67.9 Å². The number of ether oxygens (including phenoxy) is 4. The molecule has 2 aliphatic heterocycles. The van der Waals surface area contributed by atoms with Crippen LogP contribution in [0.15, 0.2) is 79.4 Å². The highest BCUT2D eigenvalue weighted by Gasteiger charge is 2.85. The number of allylic oxidation sites excluding steroid dienone is 6. The van der Waals surface area contributed by atoms with Crippen molar-refractivity contribution in [2.45, 2.75) is 120 Å². The minimum absolute atomic E-state index is 0.0591. The van der Waals surface area contributed by atoms with Crippen LogP contribution in [0, 0.1) is 11.8 Å². The van der Waals surface area contributed by atoms with Gasteiger partial charge in [-0.3, -0.25) is 9.59 Å². The van der Waals surface area contributed by atoms with Crippen molar-refractivity contribution in [3.05, 3.63) is 85.0 Å². The third-order valence-electron chi connectivity index (χ3n) is 9.93. The number of carboxylic acids is 3. The number of carboxylic acid groups (broad SMARTS) is 3. The second-order valence-electron chi connectivity index (χ2n) is 13.9. The van der Waals surface area contributed by atoms with Gasteiger partial charge in [0.05, 0.1) is 0 Å². The van der Waals surface area contributed by atoms with Crippen LogP contribution in [0.25, 0.3) is 0 Å². The predicted molar refractivity (Wildman–Crippen MR) is 194 cm³/mol. The second kappa shape index (κ2) is 19.1. The van der Waals surface area contributed by atoms with E-state index in [-0.39, 0.29) is 37.5 Å². The Morgan fingerprint density at radius 2 is 1.69 bits per heavy atom. The molecule has 2 bridgehead atoms. The zero-order valence-electron chi connectivity index (χ0n) is 30.9. The van der Waals surface area contributed by atoms with Crippen LogP contribution < -0.4 is 0 Å². The van der Waals surface area contributed by atoms with Gasteiger partial charge in [-0.2, -0.15) is 0 Å². The van der Waals surface area contributed by atoms with Gasteiger partial charge in [0.2, 0.25) is 23.1 Å². The van der Waals surface area contributed by atoms with Crippen molar-refractivity contribution in [3.63, 3.8) is 0 Å². The summed E-state index contributed by atoms with van der Waals surface area (Å²) in [6, 6.07) is 10.0. The van der Waals surface area contributed by atoms with Crippen LogP contribution in [-0.2, 0) is 49.3 Å². The van der Waals surface area contributed by atoms with E-state index in [9.17, 15) is 49.5 Å². The number of aliphatic carboxylic acids is 3. The Morgan fingerprint density at radius 3 is 2.26 bits per heavy atom. The fraction of sp³-hybridized carbons (Fsp3) is 0.525. The van der Waals surface area contributed by atoms with Crippen LogP contribution in [0.5, 0.6) is 0 Å². The molecule has 0 aliphatic carbocycles. The van der Waals surface area contributed by atoms with Gasteiger partial charge in [-0.15, -0.1) is 0 Å². The molecule has 5 N–H and O–H groups in total. The highest BCUT2D eigenvalue weighted by molar-refractivity contribution is 5.98. The van der Waals surface area contributed by atoms with E-state index in [1.807, 2.05) is 38.1 Å². The number of carbonyl (C=O) groups excluding carboxylic acids is 2. The molecule has 1 aromatic rings. The Morgan fingerprint density at radius 1 is 1.00 bits per heavy atom. The van der Waals surface area contributed by atoms with Gasteiger partial charge in [0.15, 0.2) is 6.10 Å². The first-order chi connectivity index (χ1) is 25.5. The molecule has 2 heterocycles. The van der Waals surface area contributed by atoms with Crippen LogP contribution in [0.2, 0.25) is 0 Å². The number of esters is 2. The van der Waals surface area contributed by atoms with E-state index >= 15 is 0 Å². The Kier molecular flexibility index (Phi) is 15.5. The standard InChI is InChI=1S/C40H52O14/c1-6-15-28(7-2)24-26(4)30(51-27(5)41)21-14-23-38-32(43)33(40(54-38,37(48)49)39(50,36(46)47)34(53-38)35(44)45)52-31(42)22-12-11-16-25(3)17-13-20-29-18-9-8-10-19-29/h6-11,15-16,18-19,25-26,30,32-34,43,50H,1-2,12-14,17,20-24H2,3-5H3,(H,44,45)(H,46,47)(H,48,49)/b16-11+,28-15+/t25?,26?,30?,32-,33?,34?,38?,39?,40?/m1/s1. The number of aliphatic hydroxyl groups excluding tert-OH is 1. The van der Waals surface area contributed by atoms with Crippen molar-refractivity contribution in [1.29, 1.82) is 0 Å². The van der Waals surface area contributed by atoms with E-state index in [2.05, 4.69) is 25.3 Å². The topological polar surface area (TPSA) is 223 Å². The minimum atomic E-state index is -3.88. The molecule has 2 saturated heterocycles. The van der Waals surface area contributed by atoms with Gasteiger partial charge in [-0.1, -0.05) is 87.7 Å². The summed E-state index contributed by atoms with van der Waals surface area (Å²) in [6.07, 6.45) is 2.86. The van der Waals surface area contributed by atoms with E-state index in [4.69, 9.17) is 18.9 Å². The van der Waals surface area contributed by atoms with Crippen molar-refractivity contribution in [2.24, 2.45) is 11.8 Å². The van der Waals surface area contributed by atoms with E-state index in [0.717, 1.165) is 24.8 Å². The molecule has 0 saturated carbocycles. The van der Waals surface area contributed by atoms with E-state index in [1.165, 1.54) is 12.5 Å². The van der Waals surface area contributed by atoms with Gasteiger partial charge in [0.25, 0.3) is 0 Å². The third-order valence-corrected chi connectivity index (χ3v) is 9.93. The molecular weight excluding hydrogens is 704 g/mol. The number of fused-ring (bicyclic) bond motifs is 2. The minimum Gasteiger partial charge on any atom is -0.479 e. The first kappa shape index (κ1) is 43.8. The number of aryl methyl sites for hydroxylation is 1. The quantitative estimate of drug-likeness (QED) is 0.0623. The van der Waals surface area contributed by atoms with Crippen molar-refractivity contribution < 1.29 is 68.5 Å². The predicted octanol–water partition coefficient (Wildman–Crippen LogP) is 4.53. The number of hydrogen-bond acceptors (Lipinski definition) is 11. The largest absolute Gasteiger partial charge is 0.479 e. The van der Waals surface area contributed by atoms with Crippen LogP contribution in [-0.4, -0.2) is 96.8 Å². The van der Waals surface area contributed by atoms with Crippen molar-refractivity contribution in [1.82, 2.24) is 0 Å². The van der Waals surface area contributed by atoms with Crippen molar-refractivity contribution in [3.8, 4) is 0 Å². The van der Waals surface area contributed by atoms with E-state index < -0.39 is 77.7 Å². The first-order valence-electron chi connectivity index (χ1n) is 18.0. The van der Waals surface area contributed by atoms with Gasteiger partial charge in [0, 0.05) is 19.8 Å². The first-order valence-corrected chi connectivity index (χ1v) is 18.0. The molecule has 0 spiro atoms. The smallest absolute Gasteiger partial charge is 0.344 e. The molecule has 0 amide bonds. The lowest BCUT2D eigenvalue weighted by Gasteiger charge is -2.48. The highest BCUT2D eigenvalue weighted by Crippen LogP contribution is 2.55. The summed E-state index contributed by atoms with van der Waals surface area (Å²) >= 11 is 0. The molecule has 9 atom stereocenters. The number of rotatable bonds is 22. The third kappa shape index (κ3) is 9.72. The zero-order valence-corrected chi connectivity index (χ0v) is 30.9. The number of hydrogen-bond donors (Lipinski definition) is 5. The summed E-state index contributed by atoms with van der Waals surface area (Å²) < 4.78 is 22.1.